The molecule has 180 valence electrons. The standard InChI is InChI=1S/C28H29N3O4/c1-14-12-30-23-18(5)16(3)15(2)17(4)22(23)29-26(30)24-20(14)25(32)21(28(34)35-6)27(33)31(24)13-19-10-8-7-9-11-19/h7-11,14,32H,12-13H2,1-6H3. The Bertz CT molecular complexity index is 1580. The molecule has 1 N–H and O–H groups in total. The van der Waals surface area contributed by atoms with Crippen molar-refractivity contribution in [3.8, 4) is 17.3 Å². The summed E-state index contributed by atoms with van der Waals surface area (Å²) in [6.07, 6.45) is 0. The van der Waals surface area contributed by atoms with Gasteiger partial charge in [-0.2, -0.15) is 0 Å². The second-order valence-corrected chi connectivity index (χ2v) is 9.50. The largest absolute Gasteiger partial charge is 0.506 e. The van der Waals surface area contributed by atoms with Gasteiger partial charge in [0, 0.05) is 18.0 Å². The van der Waals surface area contributed by atoms with Gasteiger partial charge in [-0.15, -0.1) is 0 Å². The molecule has 4 aromatic rings. The molecule has 7 heteroatoms. The predicted molar refractivity (Wildman–Crippen MR) is 135 cm³/mol. The van der Waals surface area contributed by atoms with Gasteiger partial charge >= 0.3 is 5.97 Å². The first-order valence-corrected chi connectivity index (χ1v) is 11.8. The lowest BCUT2D eigenvalue weighted by atomic mass is 9.91. The molecule has 3 heterocycles. The second kappa shape index (κ2) is 8.12. The minimum Gasteiger partial charge on any atom is -0.506 e. The van der Waals surface area contributed by atoms with Crippen LogP contribution in [0.3, 0.4) is 0 Å². The first-order valence-electron chi connectivity index (χ1n) is 11.8. The average molecular weight is 472 g/mol. The van der Waals surface area contributed by atoms with E-state index >= 15 is 0 Å². The van der Waals surface area contributed by atoms with Crippen molar-refractivity contribution >= 4 is 17.0 Å². The molecule has 1 aliphatic heterocycles. The summed E-state index contributed by atoms with van der Waals surface area (Å²) in [6, 6.07) is 9.59. The number of hydrogen-bond donors (Lipinski definition) is 1. The van der Waals surface area contributed by atoms with Crippen LogP contribution in [0.5, 0.6) is 5.75 Å². The van der Waals surface area contributed by atoms with Crippen molar-refractivity contribution < 1.29 is 14.6 Å². The van der Waals surface area contributed by atoms with Crippen molar-refractivity contribution in [3.05, 3.63) is 79.6 Å². The number of carbonyl (C=O) groups excluding carboxylic acids is 1. The van der Waals surface area contributed by atoms with Gasteiger partial charge in [0.1, 0.15) is 5.75 Å². The number of imidazole rings is 1. The van der Waals surface area contributed by atoms with Crippen molar-refractivity contribution in [2.75, 3.05) is 7.11 Å². The highest BCUT2D eigenvalue weighted by atomic mass is 16.5. The number of fused-ring (bicyclic) bond motifs is 5. The van der Waals surface area contributed by atoms with Crippen LogP contribution in [0.4, 0.5) is 0 Å². The van der Waals surface area contributed by atoms with Gasteiger partial charge in [-0.25, -0.2) is 9.78 Å². The third-order valence-electron chi connectivity index (χ3n) is 7.58. The molecule has 2 aromatic heterocycles. The maximum absolute atomic E-state index is 13.7. The zero-order valence-corrected chi connectivity index (χ0v) is 20.9. The molecular weight excluding hydrogens is 442 g/mol. The second-order valence-electron chi connectivity index (χ2n) is 9.50. The third kappa shape index (κ3) is 3.21. The number of pyridine rings is 1. The minimum absolute atomic E-state index is 0.165. The van der Waals surface area contributed by atoms with Crippen molar-refractivity contribution in [1.29, 1.82) is 0 Å². The van der Waals surface area contributed by atoms with Gasteiger partial charge in [0.25, 0.3) is 5.56 Å². The quantitative estimate of drug-likeness (QED) is 0.436. The van der Waals surface area contributed by atoms with E-state index in [9.17, 15) is 14.7 Å². The van der Waals surface area contributed by atoms with Crippen molar-refractivity contribution in [2.24, 2.45) is 0 Å². The van der Waals surface area contributed by atoms with E-state index in [-0.39, 0.29) is 23.8 Å². The van der Waals surface area contributed by atoms with Crippen molar-refractivity contribution in [1.82, 2.24) is 14.1 Å². The molecule has 0 saturated heterocycles. The van der Waals surface area contributed by atoms with E-state index in [4.69, 9.17) is 9.72 Å². The van der Waals surface area contributed by atoms with Crippen LogP contribution in [-0.2, 0) is 17.8 Å². The predicted octanol–water partition coefficient (Wildman–Crippen LogP) is 4.76. The fourth-order valence-electron chi connectivity index (χ4n) is 5.38. The molecule has 0 fully saturated rings. The summed E-state index contributed by atoms with van der Waals surface area (Å²) in [4.78, 5) is 31.3. The number of hydrogen-bond acceptors (Lipinski definition) is 5. The Morgan fingerprint density at radius 3 is 2.40 bits per heavy atom. The number of esters is 1. The number of nitrogens with zero attached hydrogens (tertiary/aromatic N) is 3. The van der Waals surface area contributed by atoms with Crippen LogP contribution in [0, 0.1) is 27.7 Å². The summed E-state index contributed by atoms with van der Waals surface area (Å²) < 4.78 is 8.60. The first kappa shape index (κ1) is 22.9. The van der Waals surface area contributed by atoms with Crippen molar-refractivity contribution in [2.45, 2.75) is 53.6 Å². The Hall–Kier alpha value is -3.87. The number of methoxy groups -OCH3 is 1. The Morgan fingerprint density at radius 2 is 1.74 bits per heavy atom. The Kier molecular flexibility index (Phi) is 5.31. The fraction of sp³-hybridized carbons (Fsp3) is 0.321. The normalized spacial score (nSPS) is 14.6. The molecule has 0 bridgehead atoms. The summed E-state index contributed by atoms with van der Waals surface area (Å²) in [7, 11) is 1.21. The molecule has 7 nitrogen and oxygen atoms in total. The van der Waals surface area contributed by atoms with E-state index in [2.05, 4.69) is 32.3 Å². The number of benzene rings is 2. The summed E-state index contributed by atoms with van der Waals surface area (Å²) in [5, 5.41) is 11.2. The van der Waals surface area contributed by atoms with E-state index in [1.54, 1.807) is 4.57 Å². The lowest BCUT2D eigenvalue weighted by molar-refractivity contribution is 0.0594. The van der Waals surface area contributed by atoms with Crippen molar-refractivity contribution in [3.63, 3.8) is 0 Å². The Balaban J connectivity index is 1.93. The number of ether oxygens (including phenoxy) is 1. The Morgan fingerprint density at radius 1 is 1.09 bits per heavy atom. The number of rotatable bonds is 3. The van der Waals surface area contributed by atoms with Gasteiger partial charge in [-0.3, -0.25) is 9.36 Å². The molecule has 5 rings (SSSR count). The molecule has 1 atom stereocenters. The van der Waals surface area contributed by atoms with Crippen LogP contribution < -0.4 is 5.56 Å². The highest BCUT2D eigenvalue weighted by Crippen LogP contribution is 2.44. The SMILES string of the molecule is COC(=O)c1c(O)c2c(n(Cc3ccccc3)c1=O)-c1nc3c(C)c(C)c(C)c(C)c3n1CC2C. The van der Waals surface area contributed by atoms with Crippen LogP contribution in [-0.4, -0.2) is 32.3 Å². The molecule has 1 aliphatic rings. The smallest absolute Gasteiger partial charge is 0.347 e. The highest BCUT2D eigenvalue weighted by molar-refractivity contribution is 5.94. The topological polar surface area (TPSA) is 86.3 Å². The zero-order valence-electron chi connectivity index (χ0n) is 20.9. The number of aromatic hydroxyl groups is 1. The summed E-state index contributed by atoms with van der Waals surface area (Å²) in [5.74, 6) is -0.694. The van der Waals surface area contributed by atoms with Crippen LogP contribution in [0.25, 0.3) is 22.6 Å². The monoisotopic (exact) mass is 471 g/mol. The van der Waals surface area contributed by atoms with Gasteiger partial charge in [0.05, 0.1) is 30.4 Å². The van der Waals surface area contributed by atoms with Gasteiger partial charge in [-0.1, -0.05) is 37.3 Å². The molecular formula is C28H29N3O4. The maximum Gasteiger partial charge on any atom is 0.347 e. The summed E-state index contributed by atoms with van der Waals surface area (Å²) in [5.41, 5.74) is 7.70. The minimum atomic E-state index is -0.846. The Labute approximate surface area is 203 Å². The molecule has 0 saturated carbocycles. The summed E-state index contributed by atoms with van der Waals surface area (Å²) in [6.45, 7) is 11.2. The van der Waals surface area contributed by atoms with E-state index in [0.717, 1.165) is 27.7 Å². The van der Waals surface area contributed by atoms with E-state index in [0.29, 0.717) is 23.6 Å². The van der Waals surface area contributed by atoms with E-state index < -0.39 is 11.5 Å². The third-order valence-corrected chi connectivity index (χ3v) is 7.58. The number of aryl methyl sites for hydroxylation is 2. The number of carbonyl (C=O) groups is 1. The van der Waals surface area contributed by atoms with Crippen LogP contribution in [0.2, 0.25) is 0 Å². The van der Waals surface area contributed by atoms with Gasteiger partial charge in [-0.05, 0) is 55.5 Å². The van der Waals surface area contributed by atoms with Gasteiger partial charge in [0.2, 0.25) is 0 Å². The lowest BCUT2D eigenvalue weighted by Gasteiger charge is -2.29. The maximum atomic E-state index is 13.7. The van der Waals surface area contributed by atoms with E-state index in [1.165, 1.54) is 18.2 Å². The van der Waals surface area contributed by atoms with Gasteiger partial charge < -0.3 is 14.4 Å². The molecule has 2 aromatic carbocycles. The molecule has 0 radical (unpaired) electrons. The molecule has 35 heavy (non-hydrogen) atoms. The molecule has 0 amide bonds. The molecule has 0 aliphatic carbocycles. The molecule has 0 spiro atoms. The average Bonchev–Trinajstić information content (AvgIpc) is 3.23. The van der Waals surface area contributed by atoms with Crippen LogP contribution in [0.15, 0.2) is 35.1 Å². The lowest BCUT2D eigenvalue weighted by Crippen LogP contribution is -2.33. The van der Waals surface area contributed by atoms with Gasteiger partial charge in [0.15, 0.2) is 11.4 Å². The van der Waals surface area contributed by atoms with Crippen LogP contribution in [0.1, 0.15) is 56.6 Å². The fourth-order valence-corrected chi connectivity index (χ4v) is 5.38. The summed E-state index contributed by atoms with van der Waals surface area (Å²) >= 11 is 0. The number of aromatic nitrogens is 3. The van der Waals surface area contributed by atoms with E-state index in [1.807, 2.05) is 37.3 Å². The van der Waals surface area contributed by atoms with Crippen LogP contribution >= 0.6 is 0 Å². The zero-order chi connectivity index (χ0) is 25.2. The molecule has 1 unspecified atom stereocenters. The highest BCUT2D eigenvalue weighted by Gasteiger charge is 2.36. The first-order chi connectivity index (χ1) is 16.7.